The van der Waals surface area contributed by atoms with Crippen molar-refractivity contribution >= 4 is 11.6 Å². The van der Waals surface area contributed by atoms with Crippen molar-refractivity contribution in [3.63, 3.8) is 0 Å². The topological polar surface area (TPSA) is 79.1 Å². The van der Waals surface area contributed by atoms with Crippen LogP contribution in [0.5, 0.6) is 0 Å². The van der Waals surface area contributed by atoms with Gasteiger partial charge >= 0.3 is 0 Å². The molecule has 6 nitrogen and oxygen atoms in total. The Bertz CT molecular complexity index is 570. The molecule has 1 atom stereocenters. The molecule has 0 saturated carbocycles. The quantitative estimate of drug-likeness (QED) is 0.555. The summed E-state index contributed by atoms with van der Waals surface area (Å²) in [5.74, 6) is 7.48. The second-order valence-corrected chi connectivity index (χ2v) is 5.17. The predicted octanol–water partition coefficient (Wildman–Crippen LogP) is 1.79. The van der Waals surface area contributed by atoms with E-state index in [1.54, 1.807) is 6.07 Å². The summed E-state index contributed by atoms with van der Waals surface area (Å²) in [6.45, 7) is 2.94. The largest absolute Gasteiger partial charge is 0.368 e. The van der Waals surface area contributed by atoms with Gasteiger partial charge in [0, 0.05) is 24.2 Å². The van der Waals surface area contributed by atoms with Gasteiger partial charge in [-0.05, 0) is 21.0 Å². The highest BCUT2D eigenvalue weighted by Gasteiger charge is 2.08. The molecule has 0 bridgehead atoms. The van der Waals surface area contributed by atoms with Gasteiger partial charge in [-0.3, -0.25) is 0 Å². The highest BCUT2D eigenvalue weighted by molar-refractivity contribution is 5.60. The summed E-state index contributed by atoms with van der Waals surface area (Å²) >= 11 is 0. The Morgan fingerprint density at radius 3 is 2.43 bits per heavy atom. The Balaban J connectivity index is 2.22. The fraction of sp³-hybridized carbons (Fsp3) is 0.333. The number of nitrogens with two attached hydrogens (primary N) is 1. The lowest BCUT2D eigenvalue weighted by Gasteiger charge is -2.20. The minimum atomic E-state index is 0.398. The van der Waals surface area contributed by atoms with Gasteiger partial charge in [-0.25, -0.2) is 15.8 Å². The number of rotatable bonds is 6. The van der Waals surface area contributed by atoms with E-state index in [9.17, 15) is 0 Å². The summed E-state index contributed by atoms with van der Waals surface area (Å²) < 4.78 is 0. The summed E-state index contributed by atoms with van der Waals surface area (Å²) in [5, 5.41) is 3.32. The molecule has 2 rings (SSSR count). The van der Waals surface area contributed by atoms with Crippen molar-refractivity contribution in [3.8, 4) is 11.4 Å². The summed E-state index contributed by atoms with van der Waals surface area (Å²) in [5.41, 5.74) is 3.54. The summed E-state index contributed by atoms with van der Waals surface area (Å²) in [6.07, 6.45) is 0. The molecule has 0 spiro atoms. The van der Waals surface area contributed by atoms with Crippen LogP contribution in [0.4, 0.5) is 11.6 Å². The molecule has 21 heavy (non-hydrogen) atoms. The first-order valence-corrected chi connectivity index (χ1v) is 6.91. The Hall–Kier alpha value is -2.18. The molecule has 1 aromatic carbocycles. The van der Waals surface area contributed by atoms with Crippen LogP contribution in [-0.2, 0) is 0 Å². The van der Waals surface area contributed by atoms with E-state index < -0.39 is 0 Å². The Morgan fingerprint density at radius 2 is 1.81 bits per heavy atom. The van der Waals surface area contributed by atoms with E-state index in [4.69, 9.17) is 5.84 Å². The zero-order valence-electron chi connectivity index (χ0n) is 12.7. The number of nitrogen functional groups attached to an aromatic ring is 1. The monoisotopic (exact) mass is 286 g/mol. The van der Waals surface area contributed by atoms with Gasteiger partial charge in [0.05, 0.1) is 0 Å². The molecule has 0 amide bonds. The van der Waals surface area contributed by atoms with Gasteiger partial charge in [-0.1, -0.05) is 30.3 Å². The zero-order valence-corrected chi connectivity index (χ0v) is 12.7. The van der Waals surface area contributed by atoms with Crippen molar-refractivity contribution in [2.24, 2.45) is 5.84 Å². The summed E-state index contributed by atoms with van der Waals surface area (Å²) in [7, 11) is 4.10. The van der Waals surface area contributed by atoms with Gasteiger partial charge in [0.25, 0.3) is 0 Å². The smallest absolute Gasteiger partial charge is 0.163 e. The maximum absolute atomic E-state index is 5.49. The highest BCUT2D eigenvalue weighted by Crippen LogP contribution is 2.19. The normalized spacial score (nSPS) is 12.2. The average Bonchev–Trinajstić information content (AvgIpc) is 2.52. The van der Waals surface area contributed by atoms with Crippen LogP contribution >= 0.6 is 0 Å². The molecule has 1 heterocycles. The number of benzene rings is 1. The number of likely N-dealkylation sites (N-methyl/N-ethyl adjacent to an activating group) is 1. The summed E-state index contributed by atoms with van der Waals surface area (Å²) in [4.78, 5) is 11.1. The van der Waals surface area contributed by atoms with Gasteiger partial charge in [0.15, 0.2) is 5.82 Å². The van der Waals surface area contributed by atoms with Crippen LogP contribution in [0.15, 0.2) is 36.4 Å². The molecule has 0 fully saturated rings. The molecular formula is C15H22N6. The first-order valence-electron chi connectivity index (χ1n) is 6.91. The standard InChI is InChI=1S/C15H22N6/c1-11(21(2)3)10-17-13-9-14(20-16)19-15(18-13)12-7-5-4-6-8-12/h4-9,11H,10,16H2,1-3H3,(H2,17,18,19,20). The number of nitrogens with one attached hydrogen (secondary N) is 2. The lowest BCUT2D eigenvalue weighted by molar-refractivity contribution is 0.326. The van der Waals surface area contributed by atoms with E-state index >= 15 is 0 Å². The van der Waals surface area contributed by atoms with Crippen molar-refractivity contribution in [2.45, 2.75) is 13.0 Å². The SMILES string of the molecule is CC(CNc1cc(NN)nc(-c2ccccc2)n1)N(C)C. The molecule has 2 aromatic rings. The maximum Gasteiger partial charge on any atom is 0.163 e. The molecular weight excluding hydrogens is 264 g/mol. The number of hydrogen-bond donors (Lipinski definition) is 3. The van der Waals surface area contributed by atoms with Crippen LogP contribution in [0.25, 0.3) is 11.4 Å². The number of hydrogen-bond acceptors (Lipinski definition) is 6. The van der Waals surface area contributed by atoms with Crippen molar-refractivity contribution < 1.29 is 0 Å². The van der Waals surface area contributed by atoms with Crippen molar-refractivity contribution in [2.75, 3.05) is 31.4 Å². The van der Waals surface area contributed by atoms with Crippen molar-refractivity contribution in [1.29, 1.82) is 0 Å². The Kier molecular flexibility index (Phi) is 5.08. The molecule has 6 heteroatoms. The number of anilines is 2. The lowest BCUT2D eigenvalue weighted by atomic mass is 10.2. The van der Waals surface area contributed by atoms with Gasteiger partial charge in [-0.2, -0.15) is 0 Å². The molecule has 0 radical (unpaired) electrons. The third-order valence-electron chi connectivity index (χ3n) is 3.37. The zero-order chi connectivity index (χ0) is 15.2. The van der Waals surface area contributed by atoms with Crippen LogP contribution in [0, 0.1) is 0 Å². The minimum absolute atomic E-state index is 0.398. The first kappa shape index (κ1) is 15.2. The fourth-order valence-electron chi connectivity index (χ4n) is 1.76. The average molecular weight is 286 g/mol. The highest BCUT2D eigenvalue weighted by atomic mass is 15.3. The fourth-order valence-corrected chi connectivity index (χ4v) is 1.76. The van der Waals surface area contributed by atoms with E-state index in [1.807, 2.05) is 30.3 Å². The van der Waals surface area contributed by atoms with Gasteiger partial charge in [0.2, 0.25) is 0 Å². The van der Waals surface area contributed by atoms with Crippen LogP contribution in [0.3, 0.4) is 0 Å². The molecule has 4 N–H and O–H groups in total. The van der Waals surface area contributed by atoms with E-state index in [2.05, 4.69) is 46.6 Å². The van der Waals surface area contributed by atoms with Crippen LogP contribution in [0.1, 0.15) is 6.92 Å². The van der Waals surface area contributed by atoms with Crippen molar-refractivity contribution in [3.05, 3.63) is 36.4 Å². The van der Waals surface area contributed by atoms with Crippen LogP contribution in [-0.4, -0.2) is 41.5 Å². The van der Waals surface area contributed by atoms with Crippen LogP contribution in [0.2, 0.25) is 0 Å². The number of nitrogens with zero attached hydrogens (tertiary/aromatic N) is 3. The van der Waals surface area contributed by atoms with E-state index in [0.29, 0.717) is 17.7 Å². The maximum atomic E-state index is 5.49. The van der Waals surface area contributed by atoms with E-state index in [1.165, 1.54) is 0 Å². The third kappa shape index (κ3) is 4.14. The molecule has 0 aliphatic rings. The molecule has 112 valence electrons. The van der Waals surface area contributed by atoms with Gasteiger partial charge < -0.3 is 15.6 Å². The Morgan fingerprint density at radius 1 is 1.14 bits per heavy atom. The second-order valence-electron chi connectivity index (χ2n) is 5.17. The predicted molar refractivity (Wildman–Crippen MR) is 86.9 cm³/mol. The van der Waals surface area contributed by atoms with Crippen molar-refractivity contribution in [1.82, 2.24) is 14.9 Å². The number of hydrazine groups is 1. The minimum Gasteiger partial charge on any atom is -0.368 e. The first-order chi connectivity index (χ1) is 10.1. The molecule has 1 unspecified atom stereocenters. The third-order valence-corrected chi connectivity index (χ3v) is 3.37. The van der Waals surface area contributed by atoms with E-state index in [-0.39, 0.29) is 0 Å². The molecule has 0 saturated heterocycles. The lowest BCUT2D eigenvalue weighted by Crippen LogP contribution is -2.31. The summed E-state index contributed by atoms with van der Waals surface area (Å²) in [6, 6.07) is 12.0. The second kappa shape index (κ2) is 7.01. The van der Waals surface area contributed by atoms with E-state index in [0.717, 1.165) is 17.9 Å². The molecule has 0 aliphatic heterocycles. The number of aromatic nitrogens is 2. The van der Waals surface area contributed by atoms with Gasteiger partial charge in [-0.15, -0.1) is 0 Å². The molecule has 0 aliphatic carbocycles. The van der Waals surface area contributed by atoms with Gasteiger partial charge in [0.1, 0.15) is 11.6 Å². The Labute approximate surface area is 125 Å². The molecule has 1 aromatic heterocycles. The van der Waals surface area contributed by atoms with Crippen LogP contribution < -0.4 is 16.6 Å².